The molecular weight excluding hydrogens is 262 g/mol. The summed E-state index contributed by atoms with van der Waals surface area (Å²) in [5.41, 5.74) is 1.05. The minimum Gasteiger partial charge on any atom is -0.315 e. The molecule has 7 heteroatoms. The summed E-state index contributed by atoms with van der Waals surface area (Å²) in [6.45, 7) is 4.98. The molecule has 0 spiro atoms. The standard InChI is InChI=1S/C10H15N3O2S.ClH/c14-13(15)10-6-9(8-16-10)7-12-4-1-2-11-3-5-12;/h6,8,11H,1-5,7H2;1H. The van der Waals surface area contributed by atoms with Crippen LogP contribution >= 0.6 is 23.7 Å². The van der Waals surface area contributed by atoms with Gasteiger partial charge in [-0.3, -0.25) is 15.0 Å². The lowest BCUT2D eigenvalue weighted by Crippen LogP contribution is -2.27. The molecule has 1 aliphatic rings. The number of nitrogens with zero attached hydrogens (tertiary/aromatic N) is 2. The lowest BCUT2D eigenvalue weighted by Gasteiger charge is -2.18. The number of halogens is 1. The highest BCUT2D eigenvalue weighted by atomic mass is 35.5. The van der Waals surface area contributed by atoms with Crippen LogP contribution in [0.1, 0.15) is 12.0 Å². The summed E-state index contributed by atoms with van der Waals surface area (Å²) in [4.78, 5) is 12.6. The molecule has 0 unspecified atom stereocenters. The first-order valence-corrected chi connectivity index (χ1v) is 6.28. The third kappa shape index (κ3) is 4.23. The van der Waals surface area contributed by atoms with Gasteiger partial charge in [0.25, 0.3) is 0 Å². The maximum absolute atomic E-state index is 10.6. The van der Waals surface area contributed by atoms with E-state index in [1.165, 1.54) is 11.3 Å². The van der Waals surface area contributed by atoms with Gasteiger partial charge < -0.3 is 5.32 Å². The van der Waals surface area contributed by atoms with Crippen LogP contribution in [0.25, 0.3) is 0 Å². The van der Waals surface area contributed by atoms with Crippen molar-refractivity contribution in [1.29, 1.82) is 0 Å². The van der Waals surface area contributed by atoms with Crippen molar-refractivity contribution in [1.82, 2.24) is 10.2 Å². The van der Waals surface area contributed by atoms with Crippen molar-refractivity contribution in [3.8, 4) is 0 Å². The highest BCUT2D eigenvalue weighted by molar-refractivity contribution is 7.13. The minimum absolute atomic E-state index is 0. The Labute approximate surface area is 110 Å². The molecule has 1 N–H and O–H groups in total. The van der Waals surface area contributed by atoms with Gasteiger partial charge in [-0.2, -0.15) is 0 Å². The number of rotatable bonds is 3. The van der Waals surface area contributed by atoms with E-state index in [-0.39, 0.29) is 22.3 Å². The molecule has 1 aromatic heterocycles. The Morgan fingerprint density at radius 2 is 2.29 bits per heavy atom. The average molecular weight is 278 g/mol. The molecule has 0 aliphatic carbocycles. The number of hydrogen-bond donors (Lipinski definition) is 1. The highest BCUT2D eigenvalue weighted by Crippen LogP contribution is 2.23. The molecule has 1 aliphatic heterocycles. The van der Waals surface area contributed by atoms with Crippen molar-refractivity contribution >= 4 is 28.7 Å². The molecule has 0 saturated carbocycles. The van der Waals surface area contributed by atoms with Crippen LogP contribution < -0.4 is 5.32 Å². The van der Waals surface area contributed by atoms with Gasteiger partial charge in [0, 0.05) is 31.1 Å². The molecule has 1 aromatic rings. The fourth-order valence-corrected chi connectivity index (χ4v) is 2.58. The second-order valence-corrected chi connectivity index (χ2v) is 4.82. The normalized spacial score (nSPS) is 17.2. The molecule has 0 bridgehead atoms. The Morgan fingerprint density at radius 3 is 3.00 bits per heavy atom. The van der Waals surface area contributed by atoms with E-state index in [0.29, 0.717) is 0 Å². The van der Waals surface area contributed by atoms with Gasteiger partial charge in [-0.1, -0.05) is 11.3 Å². The van der Waals surface area contributed by atoms with Crippen LogP contribution in [0.15, 0.2) is 11.4 Å². The van der Waals surface area contributed by atoms with Crippen LogP contribution in [0.5, 0.6) is 0 Å². The number of hydrogen-bond acceptors (Lipinski definition) is 5. The molecule has 2 heterocycles. The fourth-order valence-electron chi connectivity index (χ4n) is 1.86. The molecule has 2 rings (SSSR count). The van der Waals surface area contributed by atoms with E-state index in [4.69, 9.17) is 0 Å². The van der Waals surface area contributed by atoms with E-state index in [2.05, 4.69) is 10.2 Å². The summed E-state index contributed by atoms with van der Waals surface area (Å²) in [7, 11) is 0. The zero-order valence-electron chi connectivity index (χ0n) is 9.42. The summed E-state index contributed by atoms with van der Waals surface area (Å²) in [6, 6.07) is 1.68. The lowest BCUT2D eigenvalue weighted by molar-refractivity contribution is -0.380. The summed E-state index contributed by atoms with van der Waals surface area (Å²) in [5, 5.41) is 16.0. The smallest absolute Gasteiger partial charge is 0.315 e. The fraction of sp³-hybridized carbons (Fsp3) is 0.600. The van der Waals surface area contributed by atoms with Crippen LogP contribution in [-0.2, 0) is 6.54 Å². The summed E-state index contributed by atoms with van der Waals surface area (Å²) in [6.07, 6.45) is 1.15. The molecule has 5 nitrogen and oxygen atoms in total. The second kappa shape index (κ2) is 6.90. The van der Waals surface area contributed by atoms with Crippen molar-refractivity contribution in [2.45, 2.75) is 13.0 Å². The Bertz CT molecular complexity index is 364. The van der Waals surface area contributed by atoms with Crippen LogP contribution in [0, 0.1) is 10.1 Å². The lowest BCUT2D eigenvalue weighted by atomic mass is 10.3. The molecule has 96 valence electrons. The first-order chi connectivity index (χ1) is 7.75. The minimum atomic E-state index is -0.321. The Balaban J connectivity index is 0.00000144. The molecule has 0 amide bonds. The first kappa shape index (κ1) is 14.4. The van der Waals surface area contributed by atoms with Gasteiger partial charge in [0.05, 0.1) is 4.92 Å². The van der Waals surface area contributed by atoms with E-state index in [1.54, 1.807) is 6.07 Å². The quantitative estimate of drug-likeness (QED) is 0.677. The summed E-state index contributed by atoms with van der Waals surface area (Å²) in [5.74, 6) is 0. The predicted molar refractivity (Wildman–Crippen MR) is 71.0 cm³/mol. The molecular formula is C10H16ClN3O2S. The molecule has 0 radical (unpaired) electrons. The monoisotopic (exact) mass is 277 g/mol. The van der Waals surface area contributed by atoms with E-state index < -0.39 is 0 Å². The average Bonchev–Trinajstić information content (AvgIpc) is 2.56. The van der Waals surface area contributed by atoms with Crippen LogP contribution in [-0.4, -0.2) is 36.0 Å². The Kier molecular flexibility index (Phi) is 5.84. The van der Waals surface area contributed by atoms with Gasteiger partial charge in [0.15, 0.2) is 0 Å². The van der Waals surface area contributed by atoms with Gasteiger partial charge in [-0.15, -0.1) is 12.4 Å². The Hall–Kier alpha value is -0.690. The van der Waals surface area contributed by atoms with Crippen LogP contribution in [0.2, 0.25) is 0 Å². The van der Waals surface area contributed by atoms with Gasteiger partial charge >= 0.3 is 5.00 Å². The van der Waals surface area contributed by atoms with Crippen molar-refractivity contribution in [3.63, 3.8) is 0 Å². The van der Waals surface area contributed by atoms with E-state index in [0.717, 1.165) is 44.7 Å². The summed E-state index contributed by atoms with van der Waals surface area (Å²) >= 11 is 1.21. The Morgan fingerprint density at radius 1 is 1.47 bits per heavy atom. The zero-order valence-corrected chi connectivity index (χ0v) is 11.1. The van der Waals surface area contributed by atoms with Crippen molar-refractivity contribution in [2.75, 3.05) is 26.2 Å². The van der Waals surface area contributed by atoms with E-state index >= 15 is 0 Å². The van der Waals surface area contributed by atoms with Crippen molar-refractivity contribution in [3.05, 3.63) is 27.1 Å². The molecule has 17 heavy (non-hydrogen) atoms. The van der Waals surface area contributed by atoms with E-state index in [9.17, 15) is 10.1 Å². The van der Waals surface area contributed by atoms with Crippen molar-refractivity contribution < 1.29 is 4.92 Å². The summed E-state index contributed by atoms with van der Waals surface area (Å²) < 4.78 is 0. The highest BCUT2D eigenvalue weighted by Gasteiger charge is 2.13. The second-order valence-electron chi connectivity index (χ2n) is 3.93. The van der Waals surface area contributed by atoms with Gasteiger partial charge in [0.1, 0.15) is 0 Å². The SMILES string of the molecule is Cl.O=[N+]([O-])c1cc(CN2CCCNCC2)cs1. The third-order valence-corrected chi connectivity index (χ3v) is 3.59. The van der Waals surface area contributed by atoms with Crippen LogP contribution in [0.3, 0.4) is 0 Å². The number of nitrogens with one attached hydrogen (secondary N) is 1. The first-order valence-electron chi connectivity index (χ1n) is 5.40. The van der Waals surface area contributed by atoms with Crippen molar-refractivity contribution in [2.24, 2.45) is 0 Å². The van der Waals surface area contributed by atoms with Gasteiger partial charge in [0.2, 0.25) is 0 Å². The van der Waals surface area contributed by atoms with Gasteiger partial charge in [-0.05, 0) is 25.1 Å². The van der Waals surface area contributed by atoms with Crippen LogP contribution in [0.4, 0.5) is 5.00 Å². The number of thiophene rings is 1. The third-order valence-electron chi connectivity index (χ3n) is 2.66. The molecule has 0 aromatic carbocycles. The van der Waals surface area contributed by atoms with E-state index in [1.807, 2.05) is 5.38 Å². The molecule has 1 saturated heterocycles. The molecule has 1 fully saturated rings. The zero-order chi connectivity index (χ0) is 11.4. The van der Waals surface area contributed by atoms with Gasteiger partial charge in [-0.25, -0.2) is 0 Å². The maximum atomic E-state index is 10.6. The molecule has 0 atom stereocenters. The maximum Gasteiger partial charge on any atom is 0.324 e. The predicted octanol–water partition coefficient (Wildman–Crippen LogP) is 1.87. The largest absolute Gasteiger partial charge is 0.324 e. The topological polar surface area (TPSA) is 58.4 Å². The number of nitro groups is 1.